The third kappa shape index (κ3) is 46.4. The van der Waals surface area contributed by atoms with Gasteiger partial charge in [-0.2, -0.15) is 0 Å². The van der Waals surface area contributed by atoms with Crippen molar-refractivity contribution in [2.24, 2.45) is 23.2 Å². The number of hydrogen-bond acceptors (Lipinski definition) is 39. The zero-order valence-corrected chi connectivity index (χ0v) is 68.8. The number of hydrogen-bond donors (Lipinski definition) is 11. The molecule has 44 heteroatoms. The van der Waals surface area contributed by atoms with Crippen LogP contribution in [0.25, 0.3) is 0 Å². The molecule has 3 heterocycles. The molecule has 0 saturated carbocycles. The lowest BCUT2D eigenvalue weighted by Gasteiger charge is -2.42. The molecule has 3 rings (SSSR count). The summed E-state index contributed by atoms with van der Waals surface area (Å²) in [6.45, 7) is 3.75. The molecule has 0 aromatic carbocycles. The van der Waals surface area contributed by atoms with E-state index >= 15 is 0 Å². The number of carbonyl (C=O) groups excluding carboxylic acids is 1. The number of aliphatic hydroxyl groups excluding tert-OH is 10. The molecule has 11 N–H and O–H groups in total. The molecule has 0 aliphatic carbocycles. The van der Waals surface area contributed by atoms with Crippen LogP contribution in [0.2, 0.25) is 0 Å². The summed E-state index contributed by atoms with van der Waals surface area (Å²) in [4.78, 5) is 63.2. The number of aliphatic hydroxyl groups is 10. The third-order valence-electron chi connectivity index (χ3n) is 17.4. The van der Waals surface area contributed by atoms with Gasteiger partial charge in [-0.3, -0.25) is 23.1 Å². The standard InChI is InChI=1S/C65H129NO39P4.C2H6/c1-48-56(72)58(74)52(39-68)103-62(48)92-28-11-5-8-14-31-95-106(78,79)98-35-19-25-89-44-65(47-102-109(84,85)101-34-18-24-88-43-51(38-67)42-87-23-17-22-86-4,45-90-26-20-36-99-107(80,81)96-32-15-9-6-12-29-93-63-49(2)57(73)59(75)53(40-69)104-63)46-91-27-21-37-100-108(82,83)97-33-16-10-7-13-30-94-64-55(66-50(3)71)61(77)60(76)54(41-70)105-64;1-2/h48-49,51-64,67-70,72-77H,5-47H2,1-4H3,(H,66,71)(H,78,79)(H,80,81)(H,82,83)(H,84,85);1-2H3/p-4/t48?,49?,51?,52?,53?,54?,55?,56-,57-,58+,59+,60+,61-,62-,63-,64-,65?;/m1./s1. The van der Waals surface area contributed by atoms with Crippen molar-refractivity contribution in [1.82, 2.24) is 5.32 Å². The van der Waals surface area contributed by atoms with E-state index in [1.54, 1.807) is 21.0 Å². The number of unbranched alkanes of at least 4 members (excludes halogenated alkanes) is 9. The van der Waals surface area contributed by atoms with Crippen molar-refractivity contribution < 1.29 is 187 Å². The van der Waals surface area contributed by atoms with Gasteiger partial charge in [0.25, 0.3) is 31.3 Å². The Morgan fingerprint density at radius 2 is 0.676 bits per heavy atom. The lowest BCUT2D eigenvalue weighted by atomic mass is 9.92. The first kappa shape index (κ1) is 106. The molecule has 111 heavy (non-hydrogen) atoms. The average Bonchev–Trinajstić information content (AvgIpc) is 0.827. The first-order valence-corrected chi connectivity index (χ1v) is 44.2. The number of rotatable bonds is 69. The fraction of sp³-hybridized carbons (Fsp3) is 0.985. The lowest BCUT2D eigenvalue weighted by molar-refractivity contribution is -0.282. The summed E-state index contributed by atoms with van der Waals surface area (Å²) in [7, 11) is -18.0. The van der Waals surface area contributed by atoms with Crippen LogP contribution in [-0.4, -0.2) is 316 Å². The van der Waals surface area contributed by atoms with E-state index in [0.717, 1.165) is 0 Å². The predicted molar refractivity (Wildman–Crippen MR) is 384 cm³/mol. The van der Waals surface area contributed by atoms with Crippen LogP contribution in [-0.2, 0) is 116 Å². The van der Waals surface area contributed by atoms with Gasteiger partial charge in [0.15, 0.2) is 18.9 Å². The SMILES string of the molecule is CC.COCCCOCC(CO)COCCCOP(=O)([O-])OCC(COCCCOP(=O)([O-])OCCCCCCO[C@@H]1OC(CO)[C@H](O)[C@H](O)C1C)(COCCCOP(=O)([O-])OCCCCCCO[C@@H]1OC(CO)[C@H](O)[C@H](O)C1C)COCCCOP(=O)([O-])OCCCCCCO[C@@H]1OC(CO)[C@H](O)[C@H](O)C1NC(C)=O. The van der Waals surface area contributed by atoms with E-state index in [1.807, 2.05) is 13.8 Å². The van der Waals surface area contributed by atoms with Crippen molar-refractivity contribution in [3.63, 3.8) is 0 Å². The van der Waals surface area contributed by atoms with Gasteiger partial charge in [0.05, 0.1) is 130 Å². The molecule has 0 bridgehead atoms. The number of ether oxygens (including phenoxy) is 12. The molecule has 11 unspecified atom stereocenters. The van der Waals surface area contributed by atoms with E-state index < -0.39 is 200 Å². The number of methoxy groups -OCH3 is 1. The van der Waals surface area contributed by atoms with Crippen LogP contribution in [0.4, 0.5) is 0 Å². The number of amides is 1. The Balaban J connectivity index is 0.0000207. The normalized spacial score (nSPS) is 27.4. The van der Waals surface area contributed by atoms with Crippen molar-refractivity contribution in [3.8, 4) is 0 Å². The molecule has 0 aromatic rings. The summed E-state index contributed by atoms with van der Waals surface area (Å²) in [5.41, 5.74) is -1.56. The first-order chi connectivity index (χ1) is 53.0. The zero-order valence-electron chi connectivity index (χ0n) is 65.2. The van der Waals surface area contributed by atoms with Gasteiger partial charge in [-0.15, -0.1) is 0 Å². The Labute approximate surface area is 652 Å². The molecule has 0 radical (unpaired) electrons. The van der Waals surface area contributed by atoms with Crippen LogP contribution in [0.3, 0.4) is 0 Å². The second kappa shape index (κ2) is 61.3. The minimum absolute atomic E-state index is 0.0367. The predicted octanol–water partition coefficient (Wildman–Crippen LogP) is 0.119. The Bertz CT molecular complexity index is 2430. The fourth-order valence-corrected chi connectivity index (χ4v) is 14.2. The highest BCUT2D eigenvalue weighted by atomic mass is 31.2. The van der Waals surface area contributed by atoms with Crippen LogP contribution in [0, 0.1) is 23.2 Å². The summed E-state index contributed by atoms with van der Waals surface area (Å²) in [6, 6.07) is -1.11. The molecule has 3 aliphatic heterocycles. The van der Waals surface area contributed by atoms with Gasteiger partial charge in [0, 0.05) is 91.2 Å². The van der Waals surface area contributed by atoms with Gasteiger partial charge in [-0.1, -0.05) is 66.2 Å². The first-order valence-electron chi connectivity index (χ1n) is 38.4. The monoisotopic (exact) mass is 1700 g/mol. The summed E-state index contributed by atoms with van der Waals surface area (Å²) in [5.74, 6) is -1.97. The highest BCUT2D eigenvalue weighted by Gasteiger charge is 2.46. The van der Waals surface area contributed by atoms with E-state index in [-0.39, 0.29) is 131 Å². The van der Waals surface area contributed by atoms with Crippen LogP contribution in [0.5, 0.6) is 0 Å². The second-order valence-electron chi connectivity index (χ2n) is 26.9. The fourth-order valence-electron chi connectivity index (χ4n) is 11.0. The minimum Gasteiger partial charge on any atom is -0.756 e. The van der Waals surface area contributed by atoms with Gasteiger partial charge >= 0.3 is 0 Å². The van der Waals surface area contributed by atoms with Crippen LogP contribution >= 0.6 is 31.3 Å². The van der Waals surface area contributed by atoms with Gasteiger partial charge in [0.1, 0.15) is 48.8 Å². The maximum absolute atomic E-state index is 13.4. The van der Waals surface area contributed by atoms with Crippen molar-refractivity contribution in [3.05, 3.63) is 0 Å². The van der Waals surface area contributed by atoms with Gasteiger partial charge in [-0.05, 0) is 70.6 Å². The lowest BCUT2D eigenvalue weighted by Crippen LogP contribution is -2.64. The molecule has 0 spiro atoms. The van der Waals surface area contributed by atoms with E-state index in [0.29, 0.717) is 90.3 Å². The van der Waals surface area contributed by atoms with E-state index in [4.69, 9.17) is 93.0 Å². The van der Waals surface area contributed by atoms with Gasteiger partial charge < -0.3 is 169 Å². The Morgan fingerprint density at radius 3 is 1.00 bits per heavy atom. The Hall–Kier alpha value is -0.970. The summed E-state index contributed by atoms with van der Waals surface area (Å²) in [6.07, 6.45) is -7.34. The molecule has 0 aromatic heterocycles. The number of phosphoric acid groups is 4. The maximum atomic E-state index is 13.4. The summed E-state index contributed by atoms with van der Waals surface area (Å²) < 4.78 is 160. The van der Waals surface area contributed by atoms with Crippen LogP contribution in [0.1, 0.15) is 144 Å². The minimum atomic E-state index is -5.15. The van der Waals surface area contributed by atoms with Crippen molar-refractivity contribution in [2.45, 2.75) is 224 Å². The highest BCUT2D eigenvalue weighted by molar-refractivity contribution is 7.46. The van der Waals surface area contributed by atoms with Crippen LogP contribution in [0.15, 0.2) is 0 Å². The van der Waals surface area contributed by atoms with Crippen LogP contribution < -0.4 is 24.9 Å². The quantitative estimate of drug-likeness (QED) is 0.0284. The molecule has 662 valence electrons. The molecule has 3 aliphatic rings. The summed E-state index contributed by atoms with van der Waals surface area (Å²) >= 11 is 0. The smallest absolute Gasteiger partial charge is 0.267 e. The largest absolute Gasteiger partial charge is 0.756 e. The zero-order chi connectivity index (χ0) is 82.6. The third-order valence-corrected chi connectivity index (χ3v) is 21.4. The topological polar surface area (TPSA) is 577 Å². The number of carbonyl (C=O) groups is 1. The Morgan fingerprint density at radius 1 is 0.387 bits per heavy atom. The molecular weight excluding hydrogens is 1570 g/mol. The maximum Gasteiger partial charge on any atom is 0.267 e. The highest BCUT2D eigenvalue weighted by Crippen LogP contribution is 2.43. The Kier molecular flexibility index (Phi) is 58.6. The average molecular weight is 1700 g/mol. The molecule has 3 saturated heterocycles. The molecule has 40 nitrogen and oxygen atoms in total. The number of nitrogens with one attached hydrogen (secondary N) is 1. The molecule has 3 fully saturated rings. The van der Waals surface area contributed by atoms with Gasteiger partial charge in [-0.25, -0.2) is 0 Å². The summed E-state index contributed by atoms with van der Waals surface area (Å²) in [5, 5.41) is 102. The van der Waals surface area contributed by atoms with E-state index in [9.17, 15) is 93.7 Å². The molecular formula is C67H131NO39P4-4. The van der Waals surface area contributed by atoms with E-state index in [1.165, 1.54) is 6.92 Å². The van der Waals surface area contributed by atoms with Crippen molar-refractivity contribution >= 4 is 37.2 Å². The second-order valence-corrected chi connectivity index (χ2v) is 32.6. The van der Waals surface area contributed by atoms with Gasteiger partial charge in [0.2, 0.25) is 5.91 Å². The number of phosphoric ester groups is 4. The van der Waals surface area contributed by atoms with Crippen molar-refractivity contribution in [1.29, 1.82) is 0 Å². The molecule has 1 amide bonds. The van der Waals surface area contributed by atoms with E-state index in [2.05, 4.69) is 5.32 Å². The molecule has 20 atom stereocenters. The van der Waals surface area contributed by atoms with Crippen molar-refractivity contribution in [2.75, 3.05) is 179 Å².